The fourth-order valence-electron chi connectivity index (χ4n) is 1.78. The lowest BCUT2D eigenvalue weighted by molar-refractivity contribution is -0.483. The van der Waals surface area contributed by atoms with E-state index in [0.717, 1.165) is 11.1 Å². The Bertz CT molecular complexity index is 417. The summed E-state index contributed by atoms with van der Waals surface area (Å²) in [5, 5.41) is 10.6. The standard InChI is InChI=1S/C12H15NO4/c1-9-5-3-4-6-11(9)10(8-13(15)16)7-12(14)17-2/h3-6,10H,7-8H2,1-2H3. The van der Waals surface area contributed by atoms with Crippen molar-refractivity contribution in [3.8, 4) is 0 Å². The van der Waals surface area contributed by atoms with Crippen LogP contribution in [0.25, 0.3) is 0 Å². The van der Waals surface area contributed by atoms with E-state index in [9.17, 15) is 14.9 Å². The maximum Gasteiger partial charge on any atom is 0.306 e. The van der Waals surface area contributed by atoms with Crippen LogP contribution in [0.15, 0.2) is 24.3 Å². The van der Waals surface area contributed by atoms with Gasteiger partial charge >= 0.3 is 5.97 Å². The summed E-state index contributed by atoms with van der Waals surface area (Å²) in [5.41, 5.74) is 1.78. The lowest BCUT2D eigenvalue weighted by atomic mass is 9.92. The van der Waals surface area contributed by atoms with Crippen molar-refractivity contribution in [1.82, 2.24) is 0 Å². The van der Waals surface area contributed by atoms with Crippen LogP contribution in [0.5, 0.6) is 0 Å². The van der Waals surface area contributed by atoms with Gasteiger partial charge in [-0.2, -0.15) is 0 Å². The van der Waals surface area contributed by atoms with E-state index in [0.29, 0.717) is 0 Å². The monoisotopic (exact) mass is 237 g/mol. The SMILES string of the molecule is COC(=O)CC(C[N+](=O)[O-])c1ccccc1C. The van der Waals surface area contributed by atoms with Crippen LogP contribution in [0, 0.1) is 17.0 Å². The van der Waals surface area contributed by atoms with Crippen LogP contribution < -0.4 is 0 Å². The molecule has 0 spiro atoms. The molecule has 92 valence electrons. The minimum atomic E-state index is -0.432. The van der Waals surface area contributed by atoms with Crippen LogP contribution in [0.3, 0.4) is 0 Å². The largest absolute Gasteiger partial charge is 0.469 e. The van der Waals surface area contributed by atoms with Crippen LogP contribution in [-0.4, -0.2) is 24.5 Å². The van der Waals surface area contributed by atoms with Gasteiger partial charge in [0.15, 0.2) is 0 Å². The molecule has 0 bridgehead atoms. The van der Waals surface area contributed by atoms with Crippen molar-refractivity contribution in [2.75, 3.05) is 13.7 Å². The first-order valence-corrected chi connectivity index (χ1v) is 5.28. The molecule has 1 aromatic carbocycles. The molecule has 17 heavy (non-hydrogen) atoms. The van der Waals surface area contributed by atoms with Gasteiger partial charge in [-0.05, 0) is 18.1 Å². The first kappa shape index (κ1) is 13.2. The molecule has 0 heterocycles. The molecule has 1 atom stereocenters. The molecule has 0 N–H and O–H groups in total. The number of esters is 1. The predicted molar refractivity (Wildman–Crippen MR) is 62.4 cm³/mol. The van der Waals surface area contributed by atoms with Gasteiger partial charge in [-0.15, -0.1) is 0 Å². The zero-order valence-corrected chi connectivity index (χ0v) is 9.88. The Hall–Kier alpha value is -1.91. The number of nitrogens with zero attached hydrogens (tertiary/aromatic N) is 1. The summed E-state index contributed by atoms with van der Waals surface area (Å²) in [6.45, 7) is 1.61. The first-order chi connectivity index (χ1) is 8.04. The lowest BCUT2D eigenvalue weighted by Crippen LogP contribution is -2.18. The molecule has 0 aliphatic rings. The van der Waals surface area contributed by atoms with E-state index in [2.05, 4.69) is 4.74 Å². The fraction of sp³-hybridized carbons (Fsp3) is 0.417. The van der Waals surface area contributed by atoms with E-state index in [4.69, 9.17) is 0 Å². The van der Waals surface area contributed by atoms with E-state index < -0.39 is 16.8 Å². The number of hydrogen-bond acceptors (Lipinski definition) is 4. The van der Waals surface area contributed by atoms with Gasteiger partial charge in [-0.3, -0.25) is 14.9 Å². The summed E-state index contributed by atoms with van der Waals surface area (Å²) in [7, 11) is 1.28. The number of ether oxygens (including phenoxy) is 1. The van der Waals surface area contributed by atoms with Crippen molar-refractivity contribution in [2.24, 2.45) is 0 Å². The number of rotatable bonds is 5. The molecule has 0 radical (unpaired) electrons. The van der Waals surface area contributed by atoms with Crippen LogP contribution in [-0.2, 0) is 9.53 Å². The second-order valence-corrected chi connectivity index (χ2v) is 3.85. The smallest absolute Gasteiger partial charge is 0.306 e. The van der Waals surface area contributed by atoms with Crippen molar-refractivity contribution in [3.63, 3.8) is 0 Å². The molecule has 1 rings (SSSR count). The Morgan fingerprint density at radius 2 is 2.12 bits per heavy atom. The Morgan fingerprint density at radius 3 is 2.65 bits per heavy atom. The molecule has 0 aliphatic carbocycles. The molecule has 5 heteroatoms. The minimum absolute atomic E-state index is 0.0301. The number of aryl methyl sites for hydroxylation is 1. The van der Waals surface area contributed by atoms with Crippen molar-refractivity contribution >= 4 is 5.97 Å². The van der Waals surface area contributed by atoms with Gasteiger partial charge in [0.05, 0.1) is 19.4 Å². The van der Waals surface area contributed by atoms with Crippen molar-refractivity contribution in [1.29, 1.82) is 0 Å². The van der Waals surface area contributed by atoms with Gasteiger partial charge in [0.25, 0.3) is 0 Å². The number of benzene rings is 1. The molecule has 0 aliphatic heterocycles. The number of carbonyl (C=O) groups is 1. The summed E-state index contributed by atoms with van der Waals surface area (Å²) in [6, 6.07) is 7.36. The highest BCUT2D eigenvalue weighted by molar-refractivity contribution is 5.70. The van der Waals surface area contributed by atoms with Crippen LogP contribution >= 0.6 is 0 Å². The van der Waals surface area contributed by atoms with Crippen LogP contribution in [0.1, 0.15) is 23.5 Å². The van der Waals surface area contributed by atoms with Crippen molar-refractivity contribution in [2.45, 2.75) is 19.3 Å². The molecule has 1 aromatic rings. The number of carbonyl (C=O) groups excluding carboxylic acids is 1. The van der Waals surface area contributed by atoms with E-state index in [1.165, 1.54) is 7.11 Å². The summed E-state index contributed by atoms with van der Waals surface area (Å²) < 4.78 is 4.56. The third kappa shape index (κ3) is 3.86. The molecule has 0 saturated heterocycles. The highest BCUT2D eigenvalue weighted by atomic mass is 16.6. The van der Waals surface area contributed by atoms with Gasteiger partial charge in [-0.25, -0.2) is 0 Å². The summed E-state index contributed by atoms with van der Waals surface area (Å²) in [6.07, 6.45) is 0.0301. The average molecular weight is 237 g/mol. The van der Waals surface area contributed by atoms with Crippen LogP contribution in [0.4, 0.5) is 0 Å². The zero-order valence-electron chi connectivity index (χ0n) is 9.88. The van der Waals surface area contributed by atoms with Gasteiger partial charge in [0.2, 0.25) is 6.54 Å². The third-order valence-electron chi connectivity index (χ3n) is 2.64. The zero-order chi connectivity index (χ0) is 12.8. The van der Waals surface area contributed by atoms with Gasteiger partial charge in [0.1, 0.15) is 0 Å². The minimum Gasteiger partial charge on any atom is -0.469 e. The molecular formula is C12H15NO4. The second-order valence-electron chi connectivity index (χ2n) is 3.85. The van der Waals surface area contributed by atoms with Crippen LogP contribution in [0.2, 0.25) is 0 Å². The second kappa shape index (κ2) is 5.98. The number of nitro groups is 1. The third-order valence-corrected chi connectivity index (χ3v) is 2.64. The Balaban J connectivity index is 2.93. The Morgan fingerprint density at radius 1 is 1.47 bits per heavy atom. The van der Waals surface area contributed by atoms with Crippen molar-refractivity contribution in [3.05, 3.63) is 45.5 Å². The predicted octanol–water partition coefficient (Wildman–Crippen LogP) is 1.92. The molecule has 0 aromatic heterocycles. The fourth-order valence-corrected chi connectivity index (χ4v) is 1.78. The van der Waals surface area contributed by atoms with E-state index in [1.807, 2.05) is 31.2 Å². The highest BCUT2D eigenvalue weighted by Crippen LogP contribution is 2.23. The van der Waals surface area contributed by atoms with Crippen molar-refractivity contribution < 1.29 is 14.5 Å². The maximum atomic E-state index is 11.2. The first-order valence-electron chi connectivity index (χ1n) is 5.28. The van der Waals surface area contributed by atoms with Gasteiger partial charge in [-0.1, -0.05) is 24.3 Å². The summed E-state index contributed by atoms with van der Waals surface area (Å²) >= 11 is 0. The normalized spacial score (nSPS) is 11.9. The lowest BCUT2D eigenvalue weighted by Gasteiger charge is -2.14. The van der Waals surface area contributed by atoms with Gasteiger partial charge < -0.3 is 4.74 Å². The maximum absolute atomic E-state index is 11.2. The molecule has 0 fully saturated rings. The molecular weight excluding hydrogens is 222 g/mol. The topological polar surface area (TPSA) is 69.4 Å². The summed E-state index contributed by atoms with van der Waals surface area (Å²) in [4.78, 5) is 21.5. The summed E-state index contributed by atoms with van der Waals surface area (Å²) in [5.74, 6) is -0.862. The highest BCUT2D eigenvalue weighted by Gasteiger charge is 2.23. The molecule has 5 nitrogen and oxygen atoms in total. The van der Waals surface area contributed by atoms with Gasteiger partial charge in [0, 0.05) is 4.92 Å². The molecule has 0 saturated carbocycles. The Labute approximate surface area is 99.5 Å². The van der Waals surface area contributed by atoms with E-state index >= 15 is 0 Å². The molecule has 1 unspecified atom stereocenters. The number of methoxy groups -OCH3 is 1. The number of hydrogen-bond donors (Lipinski definition) is 0. The molecule has 0 amide bonds. The Kier molecular flexibility index (Phi) is 4.63. The van der Waals surface area contributed by atoms with E-state index in [1.54, 1.807) is 0 Å². The quantitative estimate of drug-likeness (QED) is 0.445. The average Bonchev–Trinajstić information content (AvgIpc) is 2.28. The van der Waals surface area contributed by atoms with E-state index in [-0.39, 0.29) is 13.0 Å².